The maximum atomic E-state index is 15.6. The zero-order valence-corrected chi connectivity index (χ0v) is 33.0. The van der Waals surface area contributed by atoms with Crippen LogP contribution in [0.25, 0.3) is 22.3 Å². The van der Waals surface area contributed by atoms with Crippen molar-refractivity contribution in [2.45, 2.75) is 109 Å². The third kappa shape index (κ3) is 6.64. The highest BCUT2D eigenvalue weighted by Gasteiger charge is 2.55. The number of anilines is 3. The predicted octanol–water partition coefficient (Wildman–Crippen LogP) is 7.60. The minimum Gasteiger partial charge on any atom is -0.350 e. The molecular formula is C42H50ClFN8O3. The summed E-state index contributed by atoms with van der Waals surface area (Å²) in [4.78, 5) is 56.4. The van der Waals surface area contributed by atoms with Crippen LogP contribution in [0.15, 0.2) is 42.7 Å². The Hall–Kier alpha value is -4.55. The summed E-state index contributed by atoms with van der Waals surface area (Å²) in [6, 6.07) is 11.1. The molecule has 1 aliphatic carbocycles. The number of imidazole rings is 1. The number of hydrogen-bond donors (Lipinski definition) is 2. The zero-order valence-electron chi connectivity index (χ0n) is 32.3. The molecule has 2 aromatic heterocycles. The molecule has 3 amide bonds. The number of aromatic nitrogens is 3. The quantitative estimate of drug-likeness (QED) is 0.190. The fourth-order valence-electron chi connectivity index (χ4n) is 9.12. The van der Waals surface area contributed by atoms with Crippen LogP contribution < -0.4 is 15.5 Å². The number of hydrogen-bond acceptors (Lipinski definition) is 7. The topological polar surface area (TPSA) is 116 Å². The van der Waals surface area contributed by atoms with Gasteiger partial charge in [0.05, 0.1) is 39.2 Å². The summed E-state index contributed by atoms with van der Waals surface area (Å²) in [5, 5.41) is 6.04. The molecule has 5 heterocycles. The van der Waals surface area contributed by atoms with E-state index in [2.05, 4.69) is 32.6 Å². The van der Waals surface area contributed by atoms with Crippen molar-refractivity contribution in [2.24, 2.45) is 0 Å². The number of rotatable bonds is 8. The van der Waals surface area contributed by atoms with Crippen molar-refractivity contribution in [2.75, 3.05) is 36.4 Å². The van der Waals surface area contributed by atoms with E-state index in [1.807, 2.05) is 49.3 Å². The summed E-state index contributed by atoms with van der Waals surface area (Å²) in [6.45, 7) is 12.7. The molecule has 4 aliphatic rings. The molecule has 290 valence electrons. The Bertz CT molecular complexity index is 2170. The van der Waals surface area contributed by atoms with Gasteiger partial charge in [-0.3, -0.25) is 14.4 Å². The van der Waals surface area contributed by atoms with Crippen molar-refractivity contribution in [3.63, 3.8) is 0 Å². The number of fused-ring (bicyclic) bond motifs is 3. The van der Waals surface area contributed by atoms with E-state index in [0.29, 0.717) is 54.5 Å². The average molecular weight is 769 g/mol. The third-order valence-electron chi connectivity index (χ3n) is 12.2. The first kappa shape index (κ1) is 37.4. The first-order valence-corrected chi connectivity index (χ1v) is 20.1. The van der Waals surface area contributed by atoms with E-state index in [1.54, 1.807) is 13.3 Å². The van der Waals surface area contributed by atoms with E-state index in [4.69, 9.17) is 21.6 Å². The molecule has 55 heavy (non-hydrogen) atoms. The van der Waals surface area contributed by atoms with E-state index in [-0.39, 0.29) is 46.2 Å². The molecule has 3 fully saturated rings. The number of halogens is 2. The van der Waals surface area contributed by atoms with Gasteiger partial charge in [-0.2, -0.15) is 0 Å². The molecule has 0 atom stereocenters. The van der Waals surface area contributed by atoms with Gasteiger partial charge >= 0.3 is 0 Å². The van der Waals surface area contributed by atoms with Gasteiger partial charge in [0.1, 0.15) is 11.3 Å². The average Bonchev–Trinajstić information content (AvgIpc) is 3.67. The summed E-state index contributed by atoms with van der Waals surface area (Å²) in [5.74, 6) is -0.478. The summed E-state index contributed by atoms with van der Waals surface area (Å²) >= 11 is 6.35. The highest BCUT2D eigenvalue weighted by Crippen LogP contribution is 2.52. The van der Waals surface area contributed by atoms with Gasteiger partial charge in [0, 0.05) is 55.4 Å². The van der Waals surface area contributed by atoms with Crippen LogP contribution in [-0.2, 0) is 15.0 Å². The van der Waals surface area contributed by atoms with Gasteiger partial charge in [0.2, 0.25) is 11.8 Å². The lowest BCUT2D eigenvalue weighted by Gasteiger charge is -2.48. The summed E-state index contributed by atoms with van der Waals surface area (Å²) in [7, 11) is 0. The Balaban J connectivity index is 1.19. The summed E-state index contributed by atoms with van der Waals surface area (Å²) in [6.07, 6.45) is 8.56. The van der Waals surface area contributed by atoms with Crippen LogP contribution in [0.3, 0.4) is 0 Å². The number of likely N-dealkylation sites (tertiary alicyclic amines) is 2. The van der Waals surface area contributed by atoms with E-state index < -0.39 is 17.1 Å². The Labute approximate surface area is 326 Å². The lowest BCUT2D eigenvalue weighted by atomic mass is 9.73. The van der Waals surface area contributed by atoms with Crippen LogP contribution in [-0.4, -0.2) is 86.4 Å². The van der Waals surface area contributed by atoms with Crippen molar-refractivity contribution < 1.29 is 18.8 Å². The number of amides is 3. The Kier molecular flexibility index (Phi) is 9.86. The lowest BCUT2D eigenvalue weighted by molar-refractivity contribution is -0.134. The van der Waals surface area contributed by atoms with Crippen molar-refractivity contribution >= 4 is 57.5 Å². The van der Waals surface area contributed by atoms with Crippen LogP contribution in [0.5, 0.6) is 0 Å². The number of pyridine rings is 1. The Morgan fingerprint density at radius 1 is 0.964 bits per heavy atom. The Morgan fingerprint density at radius 2 is 1.69 bits per heavy atom. The number of benzene rings is 2. The third-order valence-corrected chi connectivity index (χ3v) is 12.5. The van der Waals surface area contributed by atoms with Crippen LogP contribution in [0.4, 0.5) is 21.6 Å². The largest absolute Gasteiger partial charge is 0.350 e. The molecule has 11 nitrogen and oxygen atoms in total. The van der Waals surface area contributed by atoms with Gasteiger partial charge in [0.15, 0.2) is 5.82 Å². The van der Waals surface area contributed by atoms with Gasteiger partial charge < -0.3 is 29.9 Å². The summed E-state index contributed by atoms with van der Waals surface area (Å²) < 4.78 is 17.6. The molecule has 13 heteroatoms. The van der Waals surface area contributed by atoms with E-state index in [1.165, 1.54) is 25.3 Å². The first-order valence-electron chi connectivity index (χ1n) is 19.8. The normalized spacial score (nSPS) is 21.1. The first-order chi connectivity index (χ1) is 26.3. The van der Waals surface area contributed by atoms with Crippen molar-refractivity contribution in [1.29, 1.82) is 0 Å². The molecule has 2 aromatic carbocycles. The van der Waals surface area contributed by atoms with Crippen molar-refractivity contribution in [3.8, 4) is 11.3 Å². The summed E-state index contributed by atoms with van der Waals surface area (Å²) in [5.41, 5.74) is 4.22. The van der Waals surface area contributed by atoms with Gasteiger partial charge in [-0.05, 0) is 109 Å². The van der Waals surface area contributed by atoms with Gasteiger partial charge in [-0.15, -0.1) is 0 Å². The molecule has 1 spiro atoms. The SMILES string of the molecule is CC(=O)N1CCC2(CC1)C(=O)N(C1CC(N3CCCCC3)C1)c1cc(-c3cc4ncn(C(C)C)c4c(Nc4cc(C(=O)NC(C)C)c(Cl)cc4F)n3)ccc12. The fraction of sp³-hybridized carbons (Fsp3) is 0.500. The van der Waals surface area contributed by atoms with Crippen molar-refractivity contribution in [3.05, 3.63) is 64.7 Å². The second-order valence-corrected chi connectivity index (χ2v) is 16.8. The molecule has 0 unspecified atom stereocenters. The molecule has 2 saturated heterocycles. The minimum atomic E-state index is -0.679. The highest BCUT2D eigenvalue weighted by atomic mass is 35.5. The molecular weight excluding hydrogens is 719 g/mol. The molecule has 0 radical (unpaired) electrons. The predicted molar refractivity (Wildman–Crippen MR) is 214 cm³/mol. The smallest absolute Gasteiger partial charge is 0.253 e. The van der Waals surface area contributed by atoms with Gasteiger partial charge in [0.25, 0.3) is 5.91 Å². The lowest BCUT2D eigenvalue weighted by Crippen LogP contribution is -2.58. The van der Waals surface area contributed by atoms with Gasteiger partial charge in [-0.1, -0.05) is 30.2 Å². The molecule has 0 bridgehead atoms. The van der Waals surface area contributed by atoms with Gasteiger partial charge in [-0.25, -0.2) is 14.4 Å². The standard InChI is InChI=1S/C42H50ClFN8O3/c1-24(2)46-40(54)30-20-35(33(44)21-32(30)43)48-39-38-36(45-23-51(38)25(3)4)22-34(47-39)27-9-10-31-37(17-27)52(29-18-28(19-29)50-13-7-6-8-14-50)41(55)42(31)11-15-49(16-12-42)26(5)53/h9-10,17,20-25,28-29H,6-8,11-16,18-19H2,1-5H3,(H,46,54)(H,47,48). The molecule has 1 saturated carbocycles. The number of nitrogens with one attached hydrogen (secondary N) is 2. The zero-order chi connectivity index (χ0) is 38.8. The van der Waals surface area contributed by atoms with E-state index in [0.717, 1.165) is 48.8 Å². The van der Waals surface area contributed by atoms with Crippen LogP contribution >= 0.6 is 11.6 Å². The number of carbonyl (C=O) groups is 3. The van der Waals surface area contributed by atoms with E-state index >= 15 is 4.39 Å². The van der Waals surface area contributed by atoms with Crippen LogP contribution in [0.2, 0.25) is 5.02 Å². The second kappa shape index (κ2) is 14.5. The van der Waals surface area contributed by atoms with Crippen molar-refractivity contribution in [1.82, 2.24) is 29.7 Å². The minimum absolute atomic E-state index is 0.0102. The molecule has 3 aliphatic heterocycles. The molecule has 8 rings (SSSR count). The number of piperidine rings is 2. The molecule has 2 N–H and O–H groups in total. The Morgan fingerprint density at radius 3 is 2.36 bits per heavy atom. The fourth-order valence-corrected chi connectivity index (χ4v) is 9.36. The maximum absolute atomic E-state index is 15.6. The maximum Gasteiger partial charge on any atom is 0.253 e. The van der Waals surface area contributed by atoms with E-state index in [9.17, 15) is 14.4 Å². The number of nitrogens with zero attached hydrogens (tertiary/aromatic N) is 6. The van der Waals surface area contributed by atoms with Crippen LogP contribution in [0.1, 0.15) is 102 Å². The van der Waals surface area contributed by atoms with Crippen LogP contribution in [0, 0.1) is 5.82 Å². The monoisotopic (exact) mass is 768 g/mol. The highest BCUT2D eigenvalue weighted by molar-refractivity contribution is 6.34. The number of carbonyl (C=O) groups excluding carboxylic acids is 3. The molecule has 4 aromatic rings. The second-order valence-electron chi connectivity index (χ2n) is 16.4.